The zero-order valence-electron chi connectivity index (χ0n) is 17.2. The molecule has 1 amide bonds. The number of nitrogens with zero attached hydrogens (tertiary/aromatic N) is 2. The molecule has 3 aromatic rings. The molecule has 0 atom stereocenters. The molecule has 6 nitrogen and oxygen atoms in total. The van der Waals surface area contributed by atoms with Crippen molar-refractivity contribution < 1.29 is 19.4 Å². The third-order valence-corrected chi connectivity index (χ3v) is 5.42. The van der Waals surface area contributed by atoms with Crippen molar-refractivity contribution in [2.45, 2.75) is 13.5 Å². The molecule has 1 aliphatic rings. The summed E-state index contributed by atoms with van der Waals surface area (Å²) in [4.78, 5) is 24.2. The van der Waals surface area contributed by atoms with Gasteiger partial charge in [0, 0.05) is 10.0 Å². The predicted octanol–water partition coefficient (Wildman–Crippen LogP) is 5.53. The van der Waals surface area contributed by atoms with Crippen LogP contribution in [0.4, 0.5) is 5.69 Å². The summed E-state index contributed by atoms with van der Waals surface area (Å²) < 4.78 is 6.88. The van der Waals surface area contributed by atoms with E-state index in [0.717, 1.165) is 15.6 Å². The first-order chi connectivity index (χ1) is 15.4. The minimum atomic E-state index is -1.03. The largest absolute Gasteiger partial charge is 0.488 e. The highest BCUT2D eigenvalue weighted by atomic mass is 79.9. The lowest BCUT2D eigenvalue weighted by Crippen LogP contribution is -2.21. The van der Waals surface area contributed by atoms with E-state index in [9.17, 15) is 9.59 Å². The Hall–Kier alpha value is -3.71. The van der Waals surface area contributed by atoms with Gasteiger partial charge in [0.2, 0.25) is 0 Å². The highest BCUT2D eigenvalue weighted by Crippen LogP contribution is 2.30. The van der Waals surface area contributed by atoms with Gasteiger partial charge in [0.15, 0.2) is 0 Å². The Kier molecular flexibility index (Phi) is 6.18. The first kappa shape index (κ1) is 21.5. The van der Waals surface area contributed by atoms with E-state index in [0.29, 0.717) is 29.3 Å². The number of carboxylic acids is 1. The Morgan fingerprint density at radius 2 is 1.81 bits per heavy atom. The van der Waals surface area contributed by atoms with Crippen molar-refractivity contribution in [2.24, 2.45) is 5.10 Å². The number of anilines is 1. The van der Waals surface area contributed by atoms with Gasteiger partial charge in [-0.1, -0.05) is 46.3 Å². The number of carboxylic acid groups (broad SMARTS) is 1. The van der Waals surface area contributed by atoms with E-state index in [1.165, 1.54) is 17.1 Å². The summed E-state index contributed by atoms with van der Waals surface area (Å²) in [6.07, 6.45) is 1.76. The van der Waals surface area contributed by atoms with Gasteiger partial charge in [0.25, 0.3) is 5.91 Å². The molecule has 32 heavy (non-hydrogen) atoms. The van der Waals surface area contributed by atoms with Crippen LogP contribution in [0.25, 0.3) is 6.08 Å². The zero-order chi connectivity index (χ0) is 22.7. The summed E-state index contributed by atoms with van der Waals surface area (Å²) in [6.45, 7) is 2.17. The zero-order valence-corrected chi connectivity index (χ0v) is 18.7. The fourth-order valence-corrected chi connectivity index (χ4v) is 3.64. The van der Waals surface area contributed by atoms with Gasteiger partial charge in [-0.25, -0.2) is 4.79 Å². The topological polar surface area (TPSA) is 79.2 Å². The second kappa shape index (κ2) is 9.20. The van der Waals surface area contributed by atoms with E-state index >= 15 is 0 Å². The Labute approximate surface area is 193 Å². The monoisotopic (exact) mass is 490 g/mol. The van der Waals surface area contributed by atoms with Crippen LogP contribution in [-0.4, -0.2) is 22.7 Å². The van der Waals surface area contributed by atoms with Crippen LogP contribution in [0.15, 0.2) is 87.9 Å². The predicted molar refractivity (Wildman–Crippen MR) is 127 cm³/mol. The number of rotatable bonds is 6. The maximum absolute atomic E-state index is 13.1. The molecule has 1 N–H and O–H groups in total. The number of ether oxygens (including phenoxy) is 1. The first-order valence-electron chi connectivity index (χ1n) is 9.84. The van der Waals surface area contributed by atoms with E-state index in [1.807, 2.05) is 48.5 Å². The average Bonchev–Trinajstić information content (AvgIpc) is 3.07. The molecule has 0 saturated heterocycles. The van der Waals surface area contributed by atoms with Crippen molar-refractivity contribution in [3.63, 3.8) is 0 Å². The molecule has 0 spiro atoms. The number of carbonyl (C=O) groups is 2. The normalized spacial score (nSPS) is 14.6. The van der Waals surface area contributed by atoms with Gasteiger partial charge in [-0.3, -0.25) is 4.79 Å². The fraction of sp³-hybridized carbons (Fsp3) is 0.0800. The molecule has 0 aliphatic carbocycles. The van der Waals surface area contributed by atoms with Gasteiger partial charge in [-0.15, -0.1) is 0 Å². The second-order valence-electron chi connectivity index (χ2n) is 7.17. The minimum absolute atomic E-state index is 0.145. The maximum atomic E-state index is 13.1. The SMILES string of the molecule is CC1=NN(c2ccc(C(=O)O)cc2)C(=O)/C1=C/c1cc(Br)ccc1OCc1ccccc1. The van der Waals surface area contributed by atoms with Crippen molar-refractivity contribution in [3.05, 3.63) is 99.5 Å². The van der Waals surface area contributed by atoms with Crippen molar-refractivity contribution in [3.8, 4) is 5.75 Å². The van der Waals surface area contributed by atoms with E-state index in [4.69, 9.17) is 9.84 Å². The van der Waals surface area contributed by atoms with E-state index in [1.54, 1.807) is 25.1 Å². The molecule has 0 unspecified atom stereocenters. The average molecular weight is 491 g/mol. The number of aromatic carboxylic acids is 1. The van der Waals surface area contributed by atoms with Crippen LogP contribution in [0.3, 0.4) is 0 Å². The summed E-state index contributed by atoms with van der Waals surface area (Å²) in [5.41, 5.74) is 3.43. The van der Waals surface area contributed by atoms with Gasteiger partial charge in [0.1, 0.15) is 12.4 Å². The molecule has 0 saturated carbocycles. The molecule has 3 aromatic carbocycles. The van der Waals surface area contributed by atoms with Crippen LogP contribution in [0.2, 0.25) is 0 Å². The highest BCUT2D eigenvalue weighted by Gasteiger charge is 2.29. The Bertz CT molecular complexity index is 1230. The number of hydrogen-bond donors (Lipinski definition) is 1. The van der Waals surface area contributed by atoms with E-state index < -0.39 is 5.97 Å². The lowest BCUT2D eigenvalue weighted by molar-refractivity contribution is -0.114. The lowest BCUT2D eigenvalue weighted by atomic mass is 10.1. The first-order valence-corrected chi connectivity index (χ1v) is 10.6. The van der Waals surface area contributed by atoms with Crippen LogP contribution >= 0.6 is 15.9 Å². The van der Waals surface area contributed by atoms with E-state index in [-0.39, 0.29) is 11.5 Å². The minimum Gasteiger partial charge on any atom is -0.488 e. The van der Waals surface area contributed by atoms with Crippen molar-refractivity contribution >= 4 is 45.3 Å². The Morgan fingerprint density at radius 1 is 1.09 bits per heavy atom. The molecule has 4 rings (SSSR count). The van der Waals surface area contributed by atoms with Gasteiger partial charge in [0.05, 0.1) is 22.5 Å². The molecule has 0 fully saturated rings. The number of halogens is 1. The standard InChI is InChI=1S/C25H19BrN2O4/c1-16-22(24(29)28(27-16)21-10-7-18(8-11-21)25(30)31)14-19-13-20(26)9-12-23(19)32-15-17-5-3-2-4-6-17/h2-14H,15H2,1H3,(H,30,31)/b22-14+. The third-order valence-electron chi connectivity index (χ3n) is 4.93. The summed E-state index contributed by atoms with van der Waals surface area (Å²) in [5, 5.41) is 14.7. The number of benzene rings is 3. The second-order valence-corrected chi connectivity index (χ2v) is 8.08. The molecule has 7 heteroatoms. The lowest BCUT2D eigenvalue weighted by Gasteiger charge is -2.12. The summed E-state index contributed by atoms with van der Waals surface area (Å²) in [6, 6.07) is 21.5. The number of carbonyl (C=O) groups excluding carboxylic acids is 1. The molecule has 0 aromatic heterocycles. The van der Waals surface area contributed by atoms with Crippen LogP contribution in [0, 0.1) is 0 Å². The molecule has 1 aliphatic heterocycles. The van der Waals surface area contributed by atoms with Crippen molar-refractivity contribution in [1.29, 1.82) is 0 Å². The molecule has 0 radical (unpaired) electrons. The summed E-state index contributed by atoms with van der Waals surface area (Å²) in [5.74, 6) is -0.670. The number of hydrazone groups is 1. The molecule has 1 heterocycles. The van der Waals surface area contributed by atoms with Gasteiger partial charge in [-0.2, -0.15) is 10.1 Å². The maximum Gasteiger partial charge on any atom is 0.335 e. The van der Waals surface area contributed by atoms with Crippen LogP contribution < -0.4 is 9.75 Å². The highest BCUT2D eigenvalue weighted by molar-refractivity contribution is 9.10. The van der Waals surface area contributed by atoms with Crippen LogP contribution in [0.5, 0.6) is 5.75 Å². The molecular formula is C25H19BrN2O4. The van der Waals surface area contributed by atoms with Crippen LogP contribution in [-0.2, 0) is 11.4 Å². The van der Waals surface area contributed by atoms with Crippen molar-refractivity contribution in [1.82, 2.24) is 0 Å². The number of hydrogen-bond acceptors (Lipinski definition) is 4. The van der Waals surface area contributed by atoms with Gasteiger partial charge < -0.3 is 9.84 Å². The number of amides is 1. The van der Waals surface area contributed by atoms with Gasteiger partial charge in [-0.05, 0) is 61.0 Å². The summed E-state index contributed by atoms with van der Waals surface area (Å²) >= 11 is 3.48. The van der Waals surface area contributed by atoms with E-state index in [2.05, 4.69) is 21.0 Å². The third kappa shape index (κ3) is 4.63. The fourth-order valence-electron chi connectivity index (χ4n) is 3.26. The van der Waals surface area contributed by atoms with Gasteiger partial charge >= 0.3 is 5.97 Å². The smallest absolute Gasteiger partial charge is 0.335 e. The molecular weight excluding hydrogens is 472 g/mol. The summed E-state index contributed by atoms with van der Waals surface area (Å²) in [7, 11) is 0. The van der Waals surface area contributed by atoms with Crippen molar-refractivity contribution in [2.75, 3.05) is 5.01 Å². The Morgan fingerprint density at radius 3 is 2.50 bits per heavy atom. The molecule has 0 bridgehead atoms. The van der Waals surface area contributed by atoms with Crippen LogP contribution in [0.1, 0.15) is 28.4 Å². The Balaban J connectivity index is 1.61. The molecule has 160 valence electrons. The quantitative estimate of drug-likeness (QED) is 0.460.